The highest BCUT2D eigenvalue weighted by Gasteiger charge is 2.30. The zero-order valence-electron chi connectivity index (χ0n) is 34.6. The Morgan fingerprint density at radius 1 is 0.983 bits per heavy atom. The molecule has 15 heteroatoms. The van der Waals surface area contributed by atoms with Crippen LogP contribution in [-0.2, 0) is 28.0 Å². The number of anilines is 1. The van der Waals surface area contributed by atoms with Crippen LogP contribution in [0.1, 0.15) is 97.1 Å². The molecule has 8 rings (SSSR count). The molecule has 2 aromatic carbocycles. The van der Waals surface area contributed by atoms with Crippen molar-refractivity contribution in [2.45, 2.75) is 77.9 Å². The number of rotatable bonds is 11. The maximum atomic E-state index is 12.9. The van der Waals surface area contributed by atoms with Crippen LogP contribution in [-0.4, -0.2) is 90.8 Å². The Bertz CT molecular complexity index is 2550. The molecule has 2 aliphatic heterocycles. The minimum Gasteiger partial charge on any atom is -0.392 e. The van der Waals surface area contributed by atoms with Crippen molar-refractivity contribution < 1.29 is 24.0 Å². The number of aromatic amines is 1. The van der Waals surface area contributed by atoms with Crippen LogP contribution in [0.25, 0.3) is 33.4 Å². The van der Waals surface area contributed by atoms with Gasteiger partial charge in [-0.25, -0.2) is 4.98 Å². The largest absolute Gasteiger partial charge is 0.392 e. The van der Waals surface area contributed by atoms with Gasteiger partial charge in [-0.2, -0.15) is 10.1 Å². The first-order valence-corrected chi connectivity index (χ1v) is 20.5. The van der Waals surface area contributed by atoms with E-state index in [4.69, 9.17) is 9.51 Å². The molecule has 2 fully saturated rings. The van der Waals surface area contributed by atoms with E-state index < -0.39 is 11.9 Å². The minimum absolute atomic E-state index is 0.108. The van der Waals surface area contributed by atoms with E-state index in [0.717, 1.165) is 83.7 Å². The molecule has 0 bridgehead atoms. The van der Waals surface area contributed by atoms with Crippen LogP contribution in [0.4, 0.5) is 5.69 Å². The molecule has 4 aromatic heterocycles. The minimum atomic E-state index is -0.486. The number of hydrogen-bond acceptors (Lipinski definition) is 12. The van der Waals surface area contributed by atoms with Crippen molar-refractivity contribution in [3.8, 4) is 22.4 Å². The van der Waals surface area contributed by atoms with Crippen molar-refractivity contribution in [1.29, 1.82) is 0 Å². The second-order valence-electron chi connectivity index (χ2n) is 16.7. The molecule has 4 N–H and O–H groups in total. The standard InChI is InChI=1S/C45H50N10O5/c1-26(48-42(59)43-50-44(53-60-43)45(3,4)5)34-12-8-29(22-31(34)25-56)39-37-23-30(24-46-40(37)52-51-39)28-6-10-33(11-7-28)55-20-18-54(19-21-55)17-16-32-9-13-35(27(2)47-32)36-14-15-38(57)49-41(36)58/h6-13,22-24,26,36,56H,14-21,25H2,1-5H3,(H,48,59)(H,46,51,52)(H,49,57,58). The number of aryl methyl sites for hydroxylation is 1. The summed E-state index contributed by atoms with van der Waals surface area (Å²) in [6.07, 6.45) is 3.56. The highest BCUT2D eigenvalue weighted by Crippen LogP contribution is 2.33. The lowest BCUT2D eigenvalue weighted by Crippen LogP contribution is -2.47. The molecule has 2 atom stereocenters. The number of imide groups is 1. The molecule has 2 aliphatic rings. The number of benzene rings is 2. The maximum absolute atomic E-state index is 12.9. The number of aliphatic hydroxyl groups is 1. The maximum Gasteiger partial charge on any atom is 0.315 e. The number of hydrogen-bond donors (Lipinski definition) is 4. The lowest BCUT2D eigenvalue weighted by atomic mass is 9.89. The molecule has 0 saturated carbocycles. The third kappa shape index (κ3) is 8.54. The van der Waals surface area contributed by atoms with Crippen LogP contribution in [0.3, 0.4) is 0 Å². The van der Waals surface area contributed by atoms with Crippen LogP contribution in [0.5, 0.6) is 0 Å². The van der Waals surface area contributed by atoms with E-state index in [1.165, 1.54) is 5.69 Å². The van der Waals surface area contributed by atoms with E-state index in [1.807, 2.05) is 71.1 Å². The van der Waals surface area contributed by atoms with Crippen LogP contribution in [0, 0.1) is 6.92 Å². The molecule has 2 unspecified atom stereocenters. The van der Waals surface area contributed by atoms with Gasteiger partial charge in [0.1, 0.15) is 5.69 Å². The fraction of sp³-hybridized carbons (Fsp3) is 0.378. The van der Waals surface area contributed by atoms with Crippen molar-refractivity contribution in [2.75, 3.05) is 37.6 Å². The molecular formula is C45H50N10O5. The van der Waals surface area contributed by atoms with E-state index in [-0.39, 0.29) is 35.6 Å². The Morgan fingerprint density at radius 2 is 1.75 bits per heavy atom. The number of fused-ring (bicyclic) bond motifs is 1. The SMILES string of the molecule is Cc1nc(CCN2CCN(c3ccc(-c4cnc5[nH]nc(-c6ccc(C(C)NC(=O)c7nc(C(C)(C)C)no7)c(CO)c6)c5c4)cc3)CC2)ccc1C1CCC(=O)NC1=O. The molecule has 60 heavy (non-hydrogen) atoms. The Balaban J connectivity index is 0.881. The third-order valence-electron chi connectivity index (χ3n) is 11.5. The van der Waals surface area contributed by atoms with Gasteiger partial charge in [0.2, 0.25) is 11.8 Å². The van der Waals surface area contributed by atoms with Gasteiger partial charge in [0, 0.05) is 90.8 Å². The summed E-state index contributed by atoms with van der Waals surface area (Å²) in [4.78, 5) is 55.5. The van der Waals surface area contributed by atoms with Gasteiger partial charge in [0.05, 0.1) is 18.6 Å². The number of aliphatic hydroxyl groups excluding tert-OH is 1. The number of carbonyl (C=O) groups is 3. The van der Waals surface area contributed by atoms with Gasteiger partial charge in [0.25, 0.3) is 0 Å². The number of carbonyl (C=O) groups excluding carboxylic acids is 3. The topological polar surface area (TPSA) is 195 Å². The number of H-pyrrole nitrogens is 1. The van der Waals surface area contributed by atoms with E-state index in [2.05, 4.69) is 76.1 Å². The second-order valence-corrected chi connectivity index (χ2v) is 16.7. The normalized spacial score (nSPS) is 16.9. The first-order valence-electron chi connectivity index (χ1n) is 20.5. The van der Waals surface area contributed by atoms with Crippen LogP contribution in [0.2, 0.25) is 0 Å². The molecular weight excluding hydrogens is 761 g/mol. The Morgan fingerprint density at radius 3 is 2.45 bits per heavy atom. The highest BCUT2D eigenvalue weighted by atomic mass is 16.5. The summed E-state index contributed by atoms with van der Waals surface area (Å²) in [6.45, 7) is 14.0. The molecule has 6 aromatic rings. The molecule has 3 amide bonds. The number of pyridine rings is 2. The van der Waals surface area contributed by atoms with Gasteiger partial charge in [-0.05, 0) is 72.9 Å². The zero-order chi connectivity index (χ0) is 42.1. The number of amides is 3. The van der Waals surface area contributed by atoms with Gasteiger partial charge >= 0.3 is 11.8 Å². The average molecular weight is 811 g/mol. The first kappa shape index (κ1) is 40.5. The highest BCUT2D eigenvalue weighted by molar-refractivity contribution is 6.01. The van der Waals surface area contributed by atoms with E-state index in [9.17, 15) is 19.5 Å². The van der Waals surface area contributed by atoms with Crippen molar-refractivity contribution in [3.05, 3.63) is 107 Å². The lowest BCUT2D eigenvalue weighted by molar-refractivity contribution is -0.134. The predicted octanol–water partition coefficient (Wildman–Crippen LogP) is 5.54. The summed E-state index contributed by atoms with van der Waals surface area (Å²) in [7, 11) is 0. The summed E-state index contributed by atoms with van der Waals surface area (Å²) in [5.74, 6) is -0.903. The van der Waals surface area contributed by atoms with Gasteiger partial charge in [-0.3, -0.25) is 34.7 Å². The van der Waals surface area contributed by atoms with Crippen LogP contribution >= 0.6 is 0 Å². The molecule has 0 spiro atoms. The summed E-state index contributed by atoms with van der Waals surface area (Å²) < 4.78 is 5.22. The quantitative estimate of drug-likeness (QED) is 0.120. The Kier molecular flexibility index (Phi) is 11.3. The van der Waals surface area contributed by atoms with Crippen LogP contribution < -0.4 is 15.5 Å². The Labute approximate surface area is 348 Å². The molecule has 310 valence electrons. The third-order valence-corrected chi connectivity index (χ3v) is 11.5. The summed E-state index contributed by atoms with van der Waals surface area (Å²) >= 11 is 0. The predicted molar refractivity (Wildman–Crippen MR) is 226 cm³/mol. The zero-order valence-corrected chi connectivity index (χ0v) is 34.6. The van der Waals surface area contributed by atoms with Gasteiger partial charge in [0.15, 0.2) is 11.5 Å². The molecule has 2 saturated heterocycles. The molecule has 0 radical (unpaired) electrons. The van der Waals surface area contributed by atoms with Crippen molar-refractivity contribution in [3.63, 3.8) is 0 Å². The van der Waals surface area contributed by atoms with Crippen molar-refractivity contribution >= 4 is 34.4 Å². The average Bonchev–Trinajstić information content (AvgIpc) is 3.92. The van der Waals surface area contributed by atoms with Gasteiger partial charge in [-0.1, -0.05) is 56.3 Å². The monoisotopic (exact) mass is 810 g/mol. The number of aromatic nitrogens is 6. The molecule has 15 nitrogen and oxygen atoms in total. The fourth-order valence-electron chi connectivity index (χ4n) is 8.04. The van der Waals surface area contributed by atoms with Gasteiger partial charge in [-0.15, -0.1) is 0 Å². The second kappa shape index (κ2) is 16.7. The van der Waals surface area contributed by atoms with E-state index >= 15 is 0 Å². The first-order chi connectivity index (χ1) is 28.8. The summed E-state index contributed by atoms with van der Waals surface area (Å²) in [5, 5.41) is 28.2. The van der Waals surface area contributed by atoms with Gasteiger partial charge < -0.3 is 19.8 Å². The fourth-order valence-corrected chi connectivity index (χ4v) is 8.04. The summed E-state index contributed by atoms with van der Waals surface area (Å²) in [6, 6.07) is 19.9. The van der Waals surface area contributed by atoms with Crippen molar-refractivity contribution in [1.82, 2.24) is 45.8 Å². The van der Waals surface area contributed by atoms with E-state index in [0.29, 0.717) is 35.6 Å². The molecule has 0 aliphatic carbocycles. The van der Waals surface area contributed by atoms with E-state index in [1.54, 1.807) is 0 Å². The molecule has 6 heterocycles. The van der Waals surface area contributed by atoms with Crippen LogP contribution in [0.15, 0.2) is 71.4 Å². The summed E-state index contributed by atoms with van der Waals surface area (Å²) in [5.41, 5.74) is 9.16. The number of nitrogens with one attached hydrogen (secondary N) is 3. The lowest BCUT2D eigenvalue weighted by Gasteiger charge is -2.36. The Hall–Kier alpha value is -6.32. The number of piperazine rings is 1. The number of piperidine rings is 1. The smallest absolute Gasteiger partial charge is 0.315 e. The van der Waals surface area contributed by atoms with Crippen molar-refractivity contribution in [2.24, 2.45) is 0 Å². The number of nitrogens with zero attached hydrogens (tertiary/aromatic N) is 7.